The van der Waals surface area contributed by atoms with Crippen molar-refractivity contribution in [3.63, 3.8) is 0 Å². The molecule has 0 spiro atoms. The van der Waals surface area contributed by atoms with Crippen LogP contribution in [0.3, 0.4) is 0 Å². The average Bonchev–Trinajstić information content (AvgIpc) is 2.38. The van der Waals surface area contributed by atoms with Crippen LogP contribution in [0.4, 0.5) is 0 Å². The number of hydrogen-bond donors (Lipinski definition) is 1. The summed E-state index contributed by atoms with van der Waals surface area (Å²) in [7, 11) is 0. The van der Waals surface area contributed by atoms with E-state index < -0.39 is 0 Å². The molecule has 0 aliphatic carbocycles. The Kier molecular flexibility index (Phi) is 6.20. The zero-order valence-electron chi connectivity index (χ0n) is 12.2. The molecule has 0 saturated heterocycles. The third kappa shape index (κ3) is 3.74. The maximum atomic E-state index is 5.66. The first-order valence-corrected chi connectivity index (χ1v) is 7.09. The van der Waals surface area contributed by atoms with Gasteiger partial charge in [-0.05, 0) is 61.4 Å². The summed E-state index contributed by atoms with van der Waals surface area (Å²) in [5.74, 6) is 2.16. The van der Waals surface area contributed by atoms with Gasteiger partial charge < -0.3 is 10.5 Å². The summed E-state index contributed by atoms with van der Waals surface area (Å²) in [5, 5.41) is 0. The summed E-state index contributed by atoms with van der Waals surface area (Å²) in [6.45, 7) is 10.3. The fourth-order valence-corrected chi connectivity index (χ4v) is 2.41. The predicted octanol–water partition coefficient (Wildman–Crippen LogP) is 3.74. The molecule has 0 aliphatic heterocycles. The van der Waals surface area contributed by atoms with E-state index in [1.807, 2.05) is 6.92 Å². The maximum Gasteiger partial charge on any atom is 0.119 e. The van der Waals surface area contributed by atoms with Gasteiger partial charge in [-0.25, -0.2) is 0 Å². The summed E-state index contributed by atoms with van der Waals surface area (Å²) >= 11 is 0. The standard InChI is InChI=1S/C16H27NO/c1-5-14-11-15(18-6-2)7-8-16(14)13(4)12(3)9-10-17/h7-8,11-13H,5-6,9-10,17H2,1-4H3. The highest BCUT2D eigenvalue weighted by Gasteiger charge is 2.16. The van der Waals surface area contributed by atoms with Gasteiger partial charge in [0.15, 0.2) is 0 Å². The Morgan fingerprint density at radius 1 is 1.22 bits per heavy atom. The molecule has 2 unspecified atom stereocenters. The topological polar surface area (TPSA) is 35.2 Å². The van der Waals surface area contributed by atoms with Crippen LogP contribution in [0.25, 0.3) is 0 Å². The van der Waals surface area contributed by atoms with Crippen molar-refractivity contribution >= 4 is 0 Å². The third-order valence-electron chi connectivity index (χ3n) is 3.77. The van der Waals surface area contributed by atoms with E-state index in [1.54, 1.807) is 0 Å². The molecule has 0 saturated carbocycles. The number of aryl methyl sites for hydroxylation is 1. The summed E-state index contributed by atoms with van der Waals surface area (Å²) in [4.78, 5) is 0. The minimum atomic E-state index is 0.555. The molecule has 0 amide bonds. The largest absolute Gasteiger partial charge is 0.494 e. The first-order chi connectivity index (χ1) is 8.63. The summed E-state index contributed by atoms with van der Waals surface area (Å²) in [6, 6.07) is 6.50. The zero-order valence-corrected chi connectivity index (χ0v) is 12.2. The summed E-state index contributed by atoms with van der Waals surface area (Å²) in [5.41, 5.74) is 8.51. The highest BCUT2D eigenvalue weighted by atomic mass is 16.5. The van der Waals surface area contributed by atoms with Crippen molar-refractivity contribution in [2.45, 2.75) is 46.5 Å². The van der Waals surface area contributed by atoms with Gasteiger partial charge in [-0.1, -0.05) is 26.8 Å². The second-order valence-corrected chi connectivity index (χ2v) is 4.99. The molecule has 0 heterocycles. The lowest BCUT2D eigenvalue weighted by Gasteiger charge is -2.23. The monoisotopic (exact) mass is 249 g/mol. The van der Waals surface area contributed by atoms with Crippen molar-refractivity contribution in [3.05, 3.63) is 29.3 Å². The van der Waals surface area contributed by atoms with Crippen LogP contribution in [0.1, 0.15) is 51.2 Å². The Bertz CT molecular complexity index is 362. The molecular weight excluding hydrogens is 222 g/mol. The minimum Gasteiger partial charge on any atom is -0.494 e. The van der Waals surface area contributed by atoms with E-state index in [4.69, 9.17) is 10.5 Å². The van der Waals surface area contributed by atoms with Crippen molar-refractivity contribution in [1.82, 2.24) is 0 Å². The smallest absolute Gasteiger partial charge is 0.119 e. The van der Waals surface area contributed by atoms with E-state index in [0.29, 0.717) is 11.8 Å². The average molecular weight is 249 g/mol. The molecule has 102 valence electrons. The quantitative estimate of drug-likeness (QED) is 0.799. The van der Waals surface area contributed by atoms with Gasteiger partial charge in [0.25, 0.3) is 0 Å². The van der Waals surface area contributed by atoms with Crippen molar-refractivity contribution in [3.8, 4) is 5.75 Å². The van der Waals surface area contributed by atoms with Crippen LogP contribution in [-0.2, 0) is 6.42 Å². The van der Waals surface area contributed by atoms with Crippen LogP contribution >= 0.6 is 0 Å². The molecule has 1 rings (SSSR count). The normalized spacial score (nSPS) is 14.3. The molecule has 1 aromatic carbocycles. The zero-order chi connectivity index (χ0) is 13.5. The van der Waals surface area contributed by atoms with Crippen LogP contribution in [0.15, 0.2) is 18.2 Å². The molecule has 0 aromatic heterocycles. The van der Waals surface area contributed by atoms with Crippen LogP contribution in [0.2, 0.25) is 0 Å². The van der Waals surface area contributed by atoms with Gasteiger partial charge in [-0.3, -0.25) is 0 Å². The van der Waals surface area contributed by atoms with Crippen molar-refractivity contribution in [2.75, 3.05) is 13.2 Å². The first-order valence-electron chi connectivity index (χ1n) is 7.09. The van der Waals surface area contributed by atoms with Gasteiger partial charge in [-0.2, -0.15) is 0 Å². The molecule has 2 atom stereocenters. The third-order valence-corrected chi connectivity index (χ3v) is 3.77. The number of nitrogens with two attached hydrogens (primary N) is 1. The molecule has 0 aliphatic rings. The van der Waals surface area contributed by atoms with Crippen LogP contribution in [0.5, 0.6) is 5.75 Å². The van der Waals surface area contributed by atoms with Crippen LogP contribution < -0.4 is 10.5 Å². The molecule has 1 aromatic rings. The van der Waals surface area contributed by atoms with E-state index in [1.165, 1.54) is 11.1 Å². The number of benzene rings is 1. The Labute approximate surface area is 112 Å². The number of rotatable bonds is 7. The summed E-state index contributed by atoms with van der Waals surface area (Å²) in [6.07, 6.45) is 2.13. The van der Waals surface area contributed by atoms with Gasteiger partial charge in [0.1, 0.15) is 5.75 Å². The summed E-state index contributed by atoms with van der Waals surface area (Å²) < 4.78 is 5.57. The van der Waals surface area contributed by atoms with E-state index in [2.05, 4.69) is 39.0 Å². The van der Waals surface area contributed by atoms with Gasteiger partial charge in [0.2, 0.25) is 0 Å². The molecule has 0 radical (unpaired) electrons. The lowest BCUT2D eigenvalue weighted by Crippen LogP contribution is -2.13. The lowest BCUT2D eigenvalue weighted by atomic mass is 9.84. The Hall–Kier alpha value is -1.02. The van der Waals surface area contributed by atoms with Gasteiger partial charge >= 0.3 is 0 Å². The van der Waals surface area contributed by atoms with Crippen LogP contribution in [0, 0.1) is 5.92 Å². The molecule has 2 N–H and O–H groups in total. The highest BCUT2D eigenvalue weighted by Crippen LogP contribution is 2.31. The van der Waals surface area contributed by atoms with Gasteiger partial charge in [0.05, 0.1) is 6.61 Å². The first kappa shape index (κ1) is 15.0. The van der Waals surface area contributed by atoms with E-state index in [0.717, 1.165) is 31.7 Å². The Balaban J connectivity index is 2.93. The van der Waals surface area contributed by atoms with Crippen LogP contribution in [-0.4, -0.2) is 13.2 Å². The molecule has 0 fully saturated rings. The molecule has 2 heteroatoms. The molecule has 18 heavy (non-hydrogen) atoms. The fourth-order valence-electron chi connectivity index (χ4n) is 2.41. The molecule has 2 nitrogen and oxygen atoms in total. The number of hydrogen-bond acceptors (Lipinski definition) is 2. The number of ether oxygens (including phenoxy) is 1. The molecule has 0 bridgehead atoms. The van der Waals surface area contributed by atoms with Crippen molar-refractivity contribution in [2.24, 2.45) is 11.7 Å². The second-order valence-electron chi connectivity index (χ2n) is 4.99. The van der Waals surface area contributed by atoms with E-state index in [-0.39, 0.29) is 0 Å². The SMILES string of the molecule is CCOc1ccc(C(C)C(C)CCN)c(CC)c1. The highest BCUT2D eigenvalue weighted by molar-refractivity contribution is 5.38. The Morgan fingerprint density at radius 3 is 2.50 bits per heavy atom. The predicted molar refractivity (Wildman–Crippen MR) is 78.2 cm³/mol. The molecular formula is C16H27NO. The van der Waals surface area contributed by atoms with Gasteiger partial charge in [-0.15, -0.1) is 0 Å². The Morgan fingerprint density at radius 2 is 1.94 bits per heavy atom. The minimum absolute atomic E-state index is 0.555. The van der Waals surface area contributed by atoms with Crippen molar-refractivity contribution < 1.29 is 4.74 Å². The van der Waals surface area contributed by atoms with E-state index in [9.17, 15) is 0 Å². The maximum absolute atomic E-state index is 5.66. The van der Waals surface area contributed by atoms with Crippen molar-refractivity contribution in [1.29, 1.82) is 0 Å². The second kappa shape index (κ2) is 7.42. The van der Waals surface area contributed by atoms with E-state index >= 15 is 0 Å². The van der Waals surface area contributed by atoms with Gasteiger partial charge in [0, 0.05) is 0 Å². The fraction of sp³-hybridized carbons (Fsp3) is 0.625. The lowest BCUT2D eigenvalue weighted by molar-refractivity contribution is 0.339.